The number of benzene rings is 1. The van der Waals surface area contributed by atoms with Crippen LogP contribution in [0.5, 0.6) is 0 Å². The highest BCUT2D eigenvalue weighted by atomic mass is 16.6. The Hall–Kier alpha value is -3.10. The number of nitrogens with zero attached hydrogens (tertiary/aromatic N) is 1. The number of amides is 3. The van der Waals surface area contributed by atoms with Gasteiger partial charge in [-0.05, 0) is 64.2 Å². The van der Waals surface area contributed by atoms with Gasteiger partial charge in [0.05, 0.1) is 7.11 Å². The smallest absolute Gasteiger partial charge is 0.408 e. The fourth-order valence-corrected chi connectivity index (χ4v) is 3.61. The number of likely N-dealkylation sites (N-methyl/N-ethyl adjacent to an activating group) is 1. The maximum Gasteiger partial charge on any atom is 0.408 e. The molecule has 0 bridgehead atoms. The van der Waals surface area contributed by atoms with Gasteiger partial charge in [-0.1, -0.05) is 38.5 Å². The van der Waals surface area contributed by atoms with Gasteiger partial charge in [0.15, 0.2) is 0 Å². The molecular formula is C26H41N3O6. The van der Waals surface area contributed by atoms with Crippen LogP contribution >= 0.6 is 0 Å². The fourth-order valence-electron chi connectivity index (χ4n) is 3.61. The van der Waals surface area contributed by atoms with Crippen LogP contribution in [0.3, 0.4) is 0 Å². The third-order valence-electron chi connectivity index (χ3n) is 5.91. The molecule has 0 saturated carbocycles. The van der Waals surface area contributed by atoms with Crippen LogP contribution in [0.25, 0.3) is 0 Å². The molecule has 2 N–H and O–H groups in total. The number of esters is 1. The lowest BCUT2D eigenvalue weighted by Gasteiger charge is -2.36. The lowest BCUT2D eigenvalue weighted by Crippen LogP contribution is -2.55. The molecule has 196 valence electrons. The summed E-state index contributed by atoms with van der Waals surface area (Å²) in [6.07, 6.45) is -0.0856. The van der Waals surface area contributed by atoms with Crippen LogP contribution in [0.1, 0.15) is 70.7 Å². The zero-order valence-electron chi connectivity index (χ0n) is 22.5. The van der Waals surface area contributed by atoms with Gasteiger partial charge < -0.3 is 25.0 Å². The highest BCUT2D eigenvalue weighted by Gasteiger charge is 2.38. The third kappa shape index (κ3) is 8.56. The molecule has 0 spiro atoms. The van der Waals surface area contributed by atoms with E-state index in [1.165, 1.54) is 12.0 Å². The molecule has 9 nitrogen and oxygen atoms in total. The number of methoxy groups -OCH3 is 1. The quantitative estimate of drug-likeness (QED) is 0.485. The Labute approximate surface area is 208 Å². The van der Waals surface area contributed by atoms with Crippen molar-refractivity contribution in [2.24, 2.45) is 5.92 Å². The van der Waals surface area contributed by atoms with Gasteiger partial charge in [0.1, 0.15) is 24.2 Å². The molecule has 9 heteroatoms. The maximum atomic E-state index is 13.9. The Morgan fingerprint density at radius 2 is 1.71 bits per heavy atom. The number of hydrogen-bond acceptors (Lipinski definition) is 6. The van der Waals surface area contributed by atoms with Gasteiger partial charge in [0.2, 0.25) is 11.8 Å². The molecule has 0 heterocycles. The average molecular weight is 492 g/mol. The van der Waals surface area contributed by atoms with Crippen molar-refractivity contribution in [2.75, 3.05) is 20.2 Å². The highest BCUT2D eigenvalue weighted by molar-refractivity contribution is 5.93. The summed E-state index contributed by atoms with van der Waals surface area (Å²) in [6, 6.07) is 3.62. The SMILES string of the molecule is CCC(C)C(NC(=O)OC(C)(C)C)C(=O)N(CC)C(C(=O)NCC(=O)OC)c1cccc(C)c1C. The van der Waals surface area contributed by atoms with E-state index in [4.69, 9.17) is 4.74 Å². The third-order valence-corrected chi connectivity index (χ3v) is 5.91. The molecule has 0 aliphatic carbocycles. The summed E-state index contributed by atoms with van der Waals surface area (Å²) >= 11 is 0. The molecule has 3 atom stereocenters. The first kappa shape index (κ1) is 29.9. The molecule has 1 aromatic rings. The second-order valence-electron chi connectivity index (χ2n) is 9.62. The Balaban J connectivity index is 3.46. The first-order valence-electron chi connectivity index (χ1n) is 12.0. The Morgan fingerprint density at radius 1 is 1.09 bits per heavy atom. The number of hydrogen-bond donors (Lipinski definition) is 2. The minimum Gasteiger partial charge on any atom is -0.468 e. The van der Waals surface area contributed by atoms with Gasteiger partial charge in [-0.25, -0.2) is 4.79 Å². The molecule has 1 rings (SSSR count). The van der Waals surface area contributed by atoms with Crippen molar-refractivity contribution in [1.29, 1.82) is 0 Å². The molecule has 0 saturated heterocycles. The second kappa shape index (κ2) is 13.1. The summed E-state index contributed by atoms with van der Waals surface area (Å²) in [5.74, 6) is -1.75. The summed E-state index contributed by atoms with van der Waals surface area (Å²) in [6.45, 7) is 14.5. The van der Waals surface area contributed by atoms with Crippen LogP contribution in [0.4, 0.5) is 4.79 Å². The molecular weight excluding hydrogens is 450 g/mol. The molecule has 3 unspecified atom stereocenters. The number of carbonyl (C=O) groups is 4. The number of carbonyl (C=O) groups excluding carboxylic acids is 4. The van der Waals surface area contributed by atoms with Crippen LogP contribution < -0.4 is 10.6 Å². The van der Waals surface area contributed by atoms with Crippen molar-refractivity contribution in [3.8, 4) is 0 Å². The molecule has 1 aromatic carbocycles. The van der Waals surface area contributed by atoms with E-state index in [1.807, 2.05) is 39.8 Å². The first-order valence-corrected chi connectivity index (χ1v) is 12.0. The summed E-state index contributed by atoms with van der Waals surface area (Å²) in [5, 5.41) is 5.29. The van der Waals surface area contributed by atoms with Crippen molar-refractivity contribution in [1.82, 2.24) is 15.5 Å². The van der Waals surface area contributed by atoms with Gasteiger partial charge in [-0.3, -0.25) is 14.4 Å². The minimum absolute atomic E-state index is 0.200. The average Bonchev–Trinajstić information content (AvgIpc) is 2.79. The predicted molar refractivity (Wildman–Crippen MR) is 134 cm³/mol. The molecule has 0 aliphatic heterocycles. The summed E-state index contributed by atoms with van der Waals surface area (Å²) in [5.41, 5.74) is 1.73. The second-order valence-corrected chi connectivity index (χ2v) is 9.62. The molecule has 0 radical (unpaired) electrons. The zero-order valence-corrected chi connectivity index (χ0v) is 22.5. The largest absolute Gasteiger partial charge is 0.468 e. The van der Waals surface area contributed by atoms with Crippen molar-refractivity contribution in [2.45, 2.75) is 79.5 Å². The van der Waals surface area contributed by atoms with Gasteiger partial charge >= 0.3 is 12.1 Å². The van der Waals surface area contributed by atoms with E-state index < -0.39 is 41.6 Å². The van der Waals surface area contributed by atoms with Crippen LogP contribution in [-0.2, 0) is 23.9 Å². The van der Waals surface area contributed by atoms with Gasteiger partial charge in [0, 0.05) is 6.54 Å². The van der Waals surface area contributed by atoms with E-state index in [9.17, 15) is 19.2 Å². The monoisotopic (exact) mass is 491 g/mol. The minimum atomic E-state index is -1.01. The standard InChI is InChI=1S/C26H41N3O6/c1-10-16(3)21(28-25(33)35-26(6,7)8)24(32)29(11-2)22(23(31)27-15-20(30)34-9)19-14-12-13-17(4)18(19)5/h12-14,16,21-22H,10-11,15H2,1-9H3,(H,27,31)(H,28,33). The van der Waals surface area contributed by atoms with Crippen molar-refractivity contribution in [3.05, 3.63) is 34.9 Å². The molecule has 0 aromatic heterocycles. The molecule has 0 fully saturated rings. The normalized spacial score (nSPS) is 13.7. The number of nitrogens with one attached hydrogen (secondary N) is 2. The Kier molecular flexibility index (Phi) is 11.2. The summed E-state index contributed by atoms with van der Waals surface area (Å²) in [7, 11) is 1.23. The van der Waals surface area contributed by atoms with E-state index in [0.29, 0.717) is 12.0 Å². The van der Waals surface area contributed by atoms with E-state index in [-0.39, 0.29) is 19.0 Å². The molecule has 0 aliphatic rings. The topological polar surface area (TPSA) is 114 Å². The van der Waals surface area contributed by atoms with Gasteiger partial charge in [-0.2, -0.15) is 0 Å². The van der Waals surface area contributed by atoms with Gasteiger partial charge in [0.25, 0.3) is 0 Å². The number of ether oxygens (including phenoxy) is 2. The van der Waals surface area contributed by atoms with Crippen molar-refractivity contribution in [3.63, 3.8) is 0 Å². The van der Waals surface area contributed by atoms with E-state index in [1.54, 1.807) is 33.8 Å². The van der Waals surface area contributed by atoms with Crippen LogP contribution in [0.15, 0.2) is 18.2 Å². The number of aryl methyl sites for hydroxylation is 1. The summed E-state index contributed by atoms with van der Waals surface area (Å²) in [4.78, 5) is 52.9. The van der Waals surface area contributed by atoms with Gasteiger partial charge in [-0.15, -0.1) is 0 Å². The lowest BCUT2D eigenvalue weighted by molar-refractivity contribution is -0.145. The van der Waals surface area contributed by atoms with E-state index in [2.05, 4.69) is 15.4 Å². The fraction of sp³-hybridized carbons (Fsp3) is 0.615. The predicted octanol–water partition coefficient (Wildman–Crippen LogP) is 3.42. The number of alkyl carbamates (subject to hydrolysis) is 1. The van der Waals surface area contributed by atoms with E-state index in [0.717, 1.165) is 11.1 Å². The van der Waals surface area contributed by atoms with Crippen LogP contribution in [-0.4, -0.2) is 60.6 Å². The van der Waals surface area contributed by atoms with E-state index >= 15 is 0 Å². The molecule has 3 amide bonds. The Bertz CT molecular complexity index is 909. The van der Waals surface area contributed by atoms with Crippen molar-refractivity contribution >= 4 is 23.9 Å². The van der Waals surface area contributed by atoms with Crippen LogP contribution in [0, 0.1) is 19.8 Å². The first-order chi connectivity index (χ1) is 16.3. The molecule has 35 heavy (non-hydrogen) atoms. The Morgan fingerprint density at radius 3 is 2.23 bits per heavy atom. The summed E-state index contributed by atoms with van der Waals surface area (Å²) < 4.78 is 10.0. The highest BCUT2D eigenvalue weighted by Crippen LogP contribution is 2.28. The lowest BCUT2D eigenvalue weighted by atomic mass is 9.93. The van der Waals surface area contributed by atoms with Crippen LogP contribution in [0.2, 0.25) is 0 Å². The zero-order chi connectivity index (χ0) is 26.9. The maximum absolute atomic E-state index is 13.9. The van der Waals surface area contributed by atoms with Crippen molar-refractivity contribution < 1.29 is 28.7 Å². The number of rotatable bonds is 10.